The number of aliphatic hydroxyl groups is 1. The first-order chi connectivity index (χ1) is 9.63. The fourth-order valence-electron chi connectivity index (χ4n) is 2.22. The molecule has 2 heterocycles. The Morgan fingerprint density at radius 3 is 2.85 bits per heavy atom. The van der Waals surface area contributed by atoms with Crippen LogP contribution in [0.3, 0.4) is 0 Å². The Balaban J connectivity index is 1.90. The van der Waals surface area contributed by atoms with Crippen molar-refractivity contribution >= 4 is 38.2 Å². The summed E-state index contributed by atoms with van der Waals surface area (Å²) in [5, 5.41) is 13.5. The predicted molar refractivity (Wildman–Crippen MR) is 87.2 cm³/mol. The van der Waals surface area contributed by atoms with Crippen LogP contribution in [0.2, 0.25) is 0 Å². The van der Waals surface area contributed by atoms with E-state index in [1.54, 1.807) is 11.3 Å². The number of nitrogens with zero attached hydrogens (tertiary/aromatic N) is 1. The normalized spacial score (nSPS) is 12.8. The molecule has 0 aliphatic carbocycles. The molecule has 20 heavy (non-hydrogen) atoms. The number of hydrogen-bond acceptors (Lipinski definition) is 3. The fourth-order valence-corrected chi connectivity index (χ4v) is 3.77. The van der Waals surface area contributed by atoms with Crippen molar-refractivity contribution in [2.75, 3.05) is 0 Å². The number of fused-ring (bicyclic) bond motifs is 1. The fraction of sp³-hybridized carbons (Fsp3) is 0.188. The molecule has 0 aliphatic rings. The van der Waals surface area contributed by atoms with Crippen LogP contribution < -0.4 is 0 Å². The minimum absolute atomic E-state index is 0.490. The lowest BCUT2D eigenvalue weighted by Crippen LogP contribution is -2.01. The number of aliphatic hydroxyl groups excluding tert-OH is 1. The van der Waals surface area contributed by atoms with Gasteiger partial charge in [-0.15, -0.1) is 11.3 Å². The van der Waals surface area contributed by atoms with Gasteiger partial charge >= 0.3 is 0 Å². The monoisotopic (exact) mass is 347 g/mol. The first-order valence-corrected chi connectivity index (χ1v) is 8.08. The van der Waals surface area contributed by atoms with Crippen molar-refractivity contribution in [1.29, 1.82) is 0 Å². The zero-order chi connectivity index (χ0) is 14.1. The van der Waals surface area contributed by atoms with Crippen LogP contribution in [0.4, 0.5) is 0 Å². The minimum Gasteiger partial charge on any atom is -0.388 e. The highest BCUT2D eigenvalue weighted by Gasteiger charge is 2.12. The van der Waals surface area contributed by atoms with E-state index >= 15 is 0 Å². The summed E-state index contributed by atoms with van der Waals surface area (Å²) in [5.41, 5.74) is 2.91. The van der Waals surface area contributed by atoms with Gasteiger partial charge in [0.2, 0.25) is 0 Å². The number of hydrogen-bond donors (Lipinski definition) is 1. The molecule has 0 spiro atoms. The Hall–Kier alpha value is -1.23. The van der Waals surface area contributed by atoms with Crippen molar-refractivity contribution in [3.63, 3.8) is 0 Å². The van der Waals surface area contributed by atoms with Crippen molar-refractivity contribution < 1.29 is 5.11 Å². The van der Waals surface area contributed by atoms with E-state index in [1.165, 1.54) is 4.88 Å². The van der Waals surface area contributed by atoms with Crippen LogP contribution >= 0.6 is 27.3 Å². The van der Waals surface area contributed by atoms with Gasteiger partial charge in [-0.2, -0.15) is 0 Å². The zero-order valence-corrected chi connectivity index (χ0v) is 13.4. The molecule has 0 aliphatic heterocycles. The highest BCUT2D eigenvalue weighted by Crippen LogP contribution is 2.29. The van der Waals surface area contributed by atoms with Gasteiger partial charge in [0.25, 0.3) is 0 Å². The largest absolute Gasteiger partial charge is 0.388 e. The topological polar surface area (TPSA) is 33.1 Å². The molecule has 4 heteroatoms. The van der Waals surface area contributed by atoms with Crippen LogP contribution in [0, 0.1) is 6.92 Å². The van der Waals surface area contributed by atoms with E-state index in [9.17, 15) is 5.11 Å². The summed E-state index contributed by atoms with van der Waals surface area (Å²) in [6.45, 7) is 1.98. The maximum atomic E-state index is 10.4. The number of rotatable bonds is 3. The summed E-state index contributed by atoms with van der Waals surface area (Å²) >= 11 is 5.16. The van der Waals surface area contributed by atoms with Gasteiger partial charge in [-0.25, -0.2) is 0 Å². The van der Waals surface area contributed by atoms with Crippen LogP contribution in [-0.2, 0) is 6.42 Å². The number of halogens is 1. The lowest BCUT2D eigenvalue weighted by Gasteiger charge is -2.11. The molecule has 3 aromatic rings. The molecular weight excluding hydrogens is 334 g/mol. The maximum absolute atomic E-state index is 10.4. The minimum atomic E-state index is -0.490. The van der Waals surface area contributed by atoms with E-state index in [0.717, 1.165) is 26.6 Å². The molecule has 102 valence electrons. The van der Waals surface area contributed by atoms with Crippen molar-refractivity contribution in [3.8, 4) is 0 Å². The highest BCUT2D eigenvalue weighted by molar-refractivity contribution is 9.10. The second-order valence-electron chi connectivity index (χ2n) is 4.82. The Bertz CT molecular complexity index is 753. The molecule has 1 aromatic carbocycles. The molecule has 3 rings (SSSR count). The van der Waals surface area contributed by atoms with Gasteiger partial charge in [-0.05, 0) is 58.1 Å². The molecule has 1 N–H and O–H groups in total. The molecule has 0 fully saturated rings. The van der Waals surface area contributed by atoms with Gasteiger partial charge in [0.1, 0.15) is 0 Å². The predicted octanol–water partition coefficient (Wildman–Crippen LogP) is 4.64. The Morgan fingerprint density at radius 2 is 2.10 bits per heavy atom. The quantitative estimate of drug-likeness (QED) is 0.748. The molecule has 1 atom stereocenters. The average Bonchev–Trinajstić information content (AvgIpc) is 2.83. The lowest BCUT2D eigenvalue weighted by atomic mass is 10.0. The summed E-state index contributed by atoms with van der Waals surface area (Å²) in [5.74, 6) is 0. The van der Waals surface area contributed by atoms with Crippen molar-refractivity contribution in [2.45, 2.75) is 19.4 Å². The van der Waals surface area contributed by atoms with E-state index in [-0.39, 0.29) is 0 Å². The summed E-state index contributed by atoms with van der Waals surface area (Å²) in [6.07, 6.45) is 0.138. The molecule has 0 saturated heterocycles. The third-order valence-electron chi connectivity index (χ3n) is 3.31. The molecule has 0 amide bonds. The third kappa shape index (κ3) is 2.77. The van der Waals surface area contributed by atoms with E-state index in [0.29, 0.717) is 6.42 Å². The number of thiophene rings is 1. The van der Waals surface area contributed by atoms with Crippen molar-refractivity contribution in [3.05, 3.63) is 62.4 Å². The van der Waals surface area contributed by atoms with Gasteiger partial charge in [0.05, 0.1) is 11.6 Å². The summed E-state index contributed by atoms with van der Waals surface area (Å²) < 4.78 is 1.07. The maximum Gasteiger partial charge on any atom is 0.0838 e. The van der Waals surface area contributed by atoms with Gasteiger partial charge < -0.3 is 5.11 Å². The Kier molecular flexibility index (Phi) is 3.87. The number of pyridine rings is 1. The first kappa shape index (κ1) is 13.7. The Morgan fingerprint density at radius 1 is 1.25 bits per heavy atom. The van der Waals surface area contributed by atoms with E-state index in [4.69, 9.17) is 0 Å². The molecule has 1 unspecified atom stereocenters. The first-order valence-electron chi connectivity index (χ1n) is 6.41. The average molecular weight is 348 g/mol. The highest BCUT2D eigenvalue weighted by atomic mass is 79.9. The number of aromatic nitrogens is 1. The Labute approximate surface area is 130 Å². The van der Waals surface area contributed by atoms with Crippen molar-refractivity contribution in [1.82, 2.24) is 4.98 Å². The number of aryl methyl sites for hydroxylation is 1. The van der Waals surface area contributed by atoms with Gasteiger partial charge in [0, 0.05) is 26.9 Å². The SMILES string of the molecule is Cc1ccc2cc(C(O)Cc3sccc3Br)ccc2n1. The van der Waals surface area contributed by atoms with Crippen LogP contribution in [-0.4, -0.2) is 10.1 Å². The van der Waals surface area contributed by atoms with Crippen molar-refractivity contribution in [2.24, 2.45) is 0 Å². The van der Waals surface area contributed by atoms with Crippen LogP contribution in [0.5, 0.6) is 0 Å². The van der Waals surface area contributed by atoms with E-state index in [2.05, 4.69) is 27.0 Å². The second-order valence-corrected chi connectivity index (χ2v) is 6.67. The smallest absolute Gasteiger partial charge is 0.0838 e. The molecule has 0 saturated carbocycles. The van der Waals surface area contributed by atoms with Crippen LogP contribution in [0.1, 0.15) is 22.2 Å². The third-order valence-corrected chi connectivity index (χ3v) is 5.26. The molecule has 2 aromatic heterocycles. The van der Waals surface area contributed by atoms with Crippen LogP contribution in [0.25, 0.3) is 10.9 Å². The van der Waals surface area contributed by atoms with Gasteiger partial charge in [-0.3, -0.25) is 4.98 Å². The van der Waals surface area contributed by atoms with E-state index in [1.807, 2.05) is 42.6 Å². The standard InChI is InChI=1S/C16H14BrNOS/c1-10-2-3-11-8-12(4-5-14(11)18-10)15(19)9-16-13(17)6-7-20-16/h2-8,15,19H,9H2,1H3. The summed E-state index contributed by atoms with van der Waals surface area (Å²) in [6, 6.07) is 12.0. The summed E-state index contributed by atoms with van der Waals surface area (Å²) in [4.78, 5) is 5.65. The lowest BCUT2D eigenvalue weighted by molar-refractivity contribution is 0.179. The molecule has 2 nitrogen and oxygen atoms in total. The van der Waals surface area contributed by atoms with Gasteiger partial charge in [-0.1, -0.05) is 12.1 Å². The van der Waals surface area contributed by atoms with Crippen LogP contribution in [0.15, 0.2) is 46.3 Å². The summed E-state index contributed by atoms with van der Waals surface area (Å²) in [7, 11) is 0. The molecule has 0 radical (unpaired) electrons. The number of benzene rings is 1. The molecule has 0 bridgehead atoms. The van der Waals surface area contributed by atoms with Gasteiger partial charge in [0.15, 0.2) is 0 Å². The van der Waals surface area contributed by atoms with E-state index < -0.39 is 6.10 Å². The zero-order valence-electron chi connectivity index (χ0n) is 11.0. The second kappa shape index (κ2) is 5.64. The molecular formula is C16H14BrNOS.